The van der Waals surface area contributed by atoms with E-state index in [1.54, 1.807) is 6.92 Å². The van der Waals surface area contributed by atoms with E-state index in [0.29, 0.717) is 10.2 Å². The fourth-order valence-corrected chi connectivity index (χ4v) is 1.73. The summed E-state index contributed by atoms with van der Waals surface area (Å²) < 4.78 is 9.56. The van der Waals surface area contributed by atoms with Crippen LogP contribution in [-0.4, -0.2) is 21.2 Å². The minimum atomic E-state index is -0.571. The maximum absolute atomic E-state index is 11.1. The maximum atomic E-state index is 11.1. The molecule has 0 fully saturated rings. The van der Waals surface area contributed by atoms with Crippen molar-refractivity contribution in [2.75, 3.05) is 11.2 Å². The zero-order chi connectivity index (χ0) is 11.0. The molecule has 0 aromatic heterocycles. The number of allylic oxidation sites excluding steroid dienone is 1. The summed E-state index contributed by atoms with van der Waals surface area (Å²) in [7, 11) is 0. The van der Waals surface area contributed by atoms with Crippen molar-refractivity contribution in [3.63, 3.8) is 0 Å². The molecule has 0 heterocycles. The van der Waals surface area contributed by atoms with Crippen molar-refractivity contribution < 1.29 is 35.5 Å². The average molecular weight is 310 g/mol. The Hall–Kier alpha value is -0.740. The fraction of sp³-hybridized carbons (Fsp3) is 0.444. The van der Waals surface area contributed by atoms with Gasteiger partial charge in [-0.15, -0.1) is 0 Å². The molecule has 0 saturated carbocycles. The number of ether oxygens (including phenoxy) is 2. The van der Waals surface area contributed by atoms with Crippen LogP contribution in [0.25, 0.3) is 0 Å². The van der Waals surface area contributed by atoms with Crippen molar-refractivity contribution >= 4 is 5.97 Å². The summed E-state index contributed by atoms with van der Waals surface area (Å²) in [6, 6.07) is 0. The van der Waals surface area contributed by atoms with Crippen LogP contribution in [0.15, 0.2) is 12.3 Å². The third-order valence-corrected chi connectivity index (χ3v) is 3.39. The molecular formula is C9H13INO3-. The molecule has 1 atom stereocenters. The molecular weight excluding hydrogens is 297 g/mol. The van der Waals surface area contributed by atoms with Gasteiger partial charge in [0.2, 0.25) is 0 Å². The Kier molecular flexibility index (Phi) is 7.24. The van der Waals surface area contributed by atoms with E-state index in [-0.39, 0.29) is 6.79 Å². The van der Waals surface area contributed by atoms with Gasteiger partial charge >= 0.3 is 94.1 Å². The van der Waals surface area contributed by atoms with Crippen LogP contribution in [0.4, 0.5) is 0 Å². The van der Waals surface area contributed by atoms with Gasteiger partial charge in [-0.3, -0.25) is 0 Å². The van der Waals surface area contributed by atoms with Crippen molar-refractivity contribution in [1.82, 2.24) is 0 Å². The summed E-state index contributed by atoms with van der Waals surface area (Å²) in [5.41, 5.74) is 5.52. The number of carbonyl (C=O) groups is 1. The monoisotopic (exact) mass is 310 g/mol. The number of rotatable bonds is 6. The predicted octanol–water partition coefficient (Wildman–Crippen LogP) is -2.96. The number of halogens is 1. The normalized spacial score (nSPS) is 11.5. The SMILES string of the molecule is C#CC[I-]C(N)C(=O)OCOC(=C)C. The van der Waals surface area contributed by atoms with Crippen molar-refractivity contribution in [3.8, 4) is 12.3 Å². The summed E-state index contributed by atoms with van der Waals surface area (Å²) in [4.78, 5) is 11.1. The molecule has 80 valence electrons. The molecule has 0 saturated heterocycles. The number of nitrogens with two attached hydrogens (primary N) is 1. The van der Waals surface area contributed by atoms with Crippen molar-refractivity contribution in [3.05, 3.63) is 12.3 Å². The summed E-state index contributed by atoms with van der Waals surface area (Å²) >= 11 is -0.523. The summed E-state index contributed by atoms with van der Waals surface area (Å²) in [5, 5.41) is 0. The zero-order valence-electron chi connectivity index (χ0n) is 7.96. The van der Waals surface area contributed by atoms with Crippen LogP contribution in [0.1, 0.15) is 6.92 Å². The molecule has 0 bridgehead atoms. The van der Waals surface area contributed by atoms with Gasteiger partial charge in [-0.2, -0.15) is 0 Å². The summed E-state index contributed by atoms with van der Waals surface area (Å²) in [6.45, 7) is 5.01. The fourth-order valence-electron chi connectivity index (χ4n) is 0.458. The minimum absolute atomic E-state index is 0.137. The second-order valence-electron chi connectivity index (χ2n) is 2.32. The van der Waals surface area contributed by atoms with Crippen LogP contribution in [0.2, 0.25) is 0 Å². The van der Waals surface area contributed by atoms with Gasteiger partial charge < -0.3 is 0 Å². The average Bonchev–Trinajstić information content (AvgIpc) is 2.13. The number of alkyl halides is 2. The van der Waals surface area contributed by atoms with Crippen LogP contribution in [0.3, 0.4) is 0 Å². The first-order valence-corrected chi connectivity index (χ1v) is 6.56. The quantitative estimate of drug-likeness (QED) is 0.108. The third-order valence-electron chi connectivity index (χ3n) is 1.05. The molecule has 14 heavy (non-hydrogen) atoms. The van der Waals surface area contributed by atoms with Gasteiger partial charge in [0.15, 0.2) is 0 Å². The number of hydrogen-bond donors (Lipinski definition) is 1. The first-order valence-electron chi connectivity index (χ1n) is 3.79. The van der Waals surface area contributed by atoms with Crippen molar-refractivity contribution in [2.24, 2.45) is 5.73 Å². The van der Waals surface area contributed by atoms with Crippen LogP contribution < -0.4 is 26.9 Å². The first kappa shape index (κ1) is 13.3. The third kappa shape index (κ3) is 6.74. The molecule has 0 radical (unpaired) electrons. The Balaban J connectivity index is 3.63. The molecule has 0 amide bonds. The van der Waals surface area contributed by atoms with E-state index in [2.05, 4.69) is 12.5 Å². The second kappa shape index (κ2) is 7.64. The Morgan fingerprint density at radius 1 is 1.71 bits per heavy atom. The molecule has 4 nitrogen and oxygen atoms in total. The van der Waals surface area contributed by atoms with E-state index in [1.807, 2.05) is 0 Å². The number of hydrogen-bond acceptors (Lipinski definition) is 4. The van der Waals surface area contributed by atoms with Gasteiger partial charge in [0, 0.05) is 0 Å². The molecule has 5 heteroatoms. The van der Waals surface area contributed by atoms with Gasteiger partial charge in [-0.1, -0.05) is 0 Å². The topological polar surface area (TPSA) is 61.6 Å². The van der Waals surface area contributed by atoms with E-state index < -0.39 is 31.2 Å². The van der Waals surface area contributed by atoms with Crippen molar-refractivity contribution in [1.29, 1.82) is 0 Å². The number of esters is 1. The van der Waals surface area contributed by atoms with E-state index in [0.717, 1.165) is 0 Å². The Morgan fingerprint density at radius 3 is 2.86 bits per heavy atom. The van der Waals surface area contributed by atoms with E-state index in [4.69, 9.17) is 21.6 Å². The molecule has 0 aromatic carbocycles. The summed E-state index contributed by atoms with van der Waals surface area (Å²) in [6.07, 6.45) is 5.05. The van der Waals surface area contributed by atoms with Gasteiger partial charge in [0.1, 0.15) is 0 Å². The van der Waals surface area contributed by atoms with Gasteiger partial charge in [0.25, 0.3) is 0 Å². The molecule has 0 aliphatic rings. The molecule has 2 N–H and O–H groups in total. The number of carbonyl (C=O) groups excluding carboxylic acids is 1. The van der Waals surface area contributed by atoms with E-state index in [1.165, 1.54) is 0 Å². The first-order chi connectivity index (χ1) is 6.57. The zero-order valence-corrected chi connectivity index (χ0v) is 10.1. The molecule has 0 aliphatic carbocycles. The molecule has 0 aliphatic heterocycles. The predicted molar refractivity (Wildman–Crippen MR) is 48.5 cm³/mol. The summed E-state index contributed by atoms with van der Waals surface area (Å²) in [5.74, 6) is 2.47. The number of terminal acetylenes is 1. The molecule has 0 aromatic rings. The second-order valence-corrected chi connectivity index (χ2v) is 5.31. The van der Waals surface area contributed by atoms with Crippen LogP contribution in [0.5, 0.6) is 0 Å². The standard InChI is InChI=1S/C9H13INO3/c1-4-5-10-8(11)9(12)14-6-13-7(2)3/h1,8H,2,5-6,11H2,3H3/q-1. The molecule has 0 spiro atoms. The van der Waals surface area contributed by atoms with Crippen LogP contribution in [-0.2, 0) is 14.3 Å². The van der Waals surface area contributed by atoms with Crippen molar-refractivity contribution in [2.45, 2.75) is 11.0 Å². The Bertz CT molecular complexity index is 247. The Morgan fingerprint density at radius 2 is 2.36 bits per heavy atom. The van der Waals surface area contributed by atoms with Gasteiger partial charge in [-0.05, 0) is 0 Å². The van der Waals surface area contributed by atoms with Gasteiger partial charge in [0.05, 0.1) is 0 Å². The molecule has 1 unspecified atom stereocenters. The van der Waals surface area contributed by atoms with E-state index >= 15 is 0 Å². The molecule has 0 rings (SSSR count). The van der Waals surface area contributed by atoms with Gasteiger partial charge in [-0.25, -0.2) is 0 Å². The van der Waals surface area contributed by atoms with Crippen LogP contribution in [0, 0.1) is 12.3 Å². The van der Waals surface area contributed by atoms with Crippen LogP contribution >= 0.6 is 0 Å². The Labute approximate surface area is 94.1 Å². The van der Waals surface area contributed by atoms with E-state index in [9.17, 15) is 4.79 Å².